The van der Waals surface area contributed by atoms with E-state index in [2.05, 4.69) is 0 Å². The molecule has 0 aliphatic heterocycles. The van der Waals surface area contributed by atoms with E-state index in [9.17, 15) is 9.59 Å². The molecular formula is C15H13ClO4. The lowest BCUT2D eigenvalue weighted by Crippen LogP contribution is -1.99. The van der Waals surface area contributed by atoms with Crippen molar-refractivity contribution in [3.63, 3.8) is 0 Å². The third-order valence-corrected chi connectivity index (χ3v) is 2.78. The van der Waals surface area contributed by atoms with Crippen LogP contribution in [0.2, 0.25) is 0 Å². The molecule has 0 atom stereocenters. The van der Waals surface area contributed by atoms with Crippen LogP contribution in [0.5, 0.6) is 0 Å². The Morgan fingerprint density at radius 3 is 1.95 bits per heavy atom. The van der Waals surface area contributed by atoms with Crippen molar-refractivity contribution in [2.45, 2.75) is 6.42 Å². The van der Waals surface area contributed by atoms with Crippen molar-refractivity contribution < 1.29 is 19.8 Å². The van der Waals surface area contributed by atoms with Gasteiger partial charge in [-0.05, 0) is 41.8 Å². The van der Waals surface area contributed by atoms with Crippen LogP contribution in [-0.2, 0) is 6.42 Å². The fourth-order valence-electron chi connectivity index (χ4n) is 1.82. The topological polar surface area (TPSA) is 74.6 Å². The standard InChI is InChI=1S/C15H12O4.ClH/c16-14(17)12-6-4-10(5-7-12)8-11-2-1-3-13(9-11)15(18)19;/h1-7,9H,8H2,(H,16,17)(H,18,19);1H. The number of hydrogen-bond acceptors (Lipinski definition) is 2. The van der Waals surface area contributed by atoms with E-state index in [1.807, 2.05) is 6.07 Å². The SMILES string of the molecule is Cl.O=C(O)c1ccc(Cc2cccc(C(=O)O)c2)cc1. The number of halogens is 1. The molecule has 2 aromatic carbocycles. The molecule has 2 aromatic rings. The Morgan fingerprint density at radius 1 is 0.800 bits per heavy atom. The largest absolute Gasteiger partial charge is 0.478 e. The van der Waals surface area contributed by atoms with Gasteiger partial charge >= 0.3 is 11.9 Å². The van der Waals surface area contributed by atoms with Crippen LogP contribution in [0.1, 0.15) is 31.8 Å². The van der Waals surface area contributed by atoms with E-state index in [0.717, 1.165) is 11.1 Å². The predicted molar refractivity (Wildman–Crippen MR) is 76.9 cm³/mol. The molecule has 0 heterocycles. The average molecular weight is 293 g/mol. The Hall–Kier alpha value is -2.33. The number of aromatic carboxylic acids is 2. The van der Waals surface area contributed by atoms with E-state index in [-0.39, 0.29) is 23.5 Å². The van der Waals surface area contributed by atoms with Crippen molar-refractivity contribution in [3.8, 4) is 0 Å². The molecule has 20 heavy (non-hydrogen) atoms. The fraction of sp³-hybridized carbons (Fsp3) is 0.0667. The summed E-state index contributed by atoms with van der Waals surface area (Å²) in [5.41, 5.74) is 2.30. The minimum Gasteiger partial charge on any atom is -0.478 e. The van der Waals surface area contributed by atoms with Crippen LogP contribution >= 0.6 is 12.4 Å². The zero-order valence-electron chi connectivity index (χ0n) is 10.4. The van der Waals surface area contributed by atoms with Gasteiger partial charge in [-0.3, -0.25) is 0 Å². The summed E-state index contributed by atoms with van der Waals surface area (Å²) in [6.07, 6.45) is 0.570. The van der Waals surface area contributed by atoms with E-state index in [4.69, 9.17) is 10.2 Å². The van der Waals surface area contributed by atoms with Crippen molar-refractivity contribution in [1.82, 2.24) is 0 Å². The predicted octanol–water partition coefficient (Wildman–Crippen LogP) is 3.10. The van der Waals surface area contributed by atoms with Gasteiger partial charge in [0, 0.05) is 0 Å². The number of carboxylic acids is 2. The molecule has 0 fully saturated rings. The summed E-state index contributed by atoms with van der Waals surface area (Å²) in [7, 11) is 0. The molecule has 0 radical (unpaired) electrons. The van der Waals surface area contributed by atoms with Gasteiger partial charge in [0.25, 0.3) is 0 Å². The third-order valence-electron chi connectivity index (χ3n) is 2.78. The van der Waals surface area contributed by atoms with Crippen molar-refractivity contribution in [2.24, 2.45) is 0 Å². The van der Waals surface area contributed by atoms with Gasteiger partial charge in [-0.15, -0.1) is 12.4 Å². The number of benzene rings is 2. The lowest BCUT2D eigenvalue weighted by molar-refractivity contribution is 0.0686. The van der Waals surface area contributed by atoms with E-state index in [1.54, 1.807) is 42.5 Å². The molecule has 0 aliphatic rings. The van der Waals surface area contributed by atoms with E-state index in [0.29, 0.717) is 6.42 Å². The molecular weight excluding hydrogens is 280 g/mol. The molecule has 4 nitrogen and oxygen atoms in total. The zero-order chi connectivity index (χ0) is 13.8. The molecule has 5 heteroatoms. The second-order valence-corrected chi connectivity index (χ2v) is 4.18. The summed E-state index contributed by atoms with van der Waals surface area (Å²) in [4.78, 5) is 21.6. The van der Waals surface area contributed by atoms with Crippen LogP contribution in [0.25, 0.3) is 0 Å². The lowest BCUT2D eigenvalue weighted by atomic mass is 10.0. The second kappa shape index (κ2) is 6.73. The quantitative estimate of drug-likeness (QED) is 0.908. The number of rotatable bonds is 4. The highest BCUT2D eigenvalue weighted by atomic mass is 35.5. The summed E-state index contributed by atoms with van der Waals surface area (Å²) in [6.45, 7) is 0. The molecule has 104 valence electrons. The molecule has 0 aliphatic carbocycles. The van der Waals surface area contributed by atoms with Crippen molar-refractivity contribution in [2.75, 3.05) is 0 Å². The maximum Gasteiger partial charge on any atom is 0.335 e. The highest BCUT2D eigenvalue weighted by molar-refractivity contribution is 5.88. The second-order valence-electron chi connectivity index (χ2n) is 4.18. The van der Waals surface area contributed by atoms with Crippen LogP contribution in [0.4, 0.5) is 0 Å². The van der Waals surface area contributed by atoms with E-state index in [1.165, 1.54) is 0 Å². The first kappa shape index (κ1) is 15.7. The Kier molecular flexibility index (Phi) is 5.29. The summed E-state index contributed by atoms with van der Waals surface area (Å²) in [5, 5.41) is 17.7. The number of carbonyl (C=O) groups is 2. The number of carboxylic acid groups (broad SMARTS) is 2. The number of hydrogen-bond donors (Lipinski definition) is 2. The summed E-state index contributed by atoms with van der Waals surface area (Å²) < 4.78 is 0. The Bertz CT molecular complexity index is 620. The monoisotopic (exact) mass is 292 g/mol. The van der Waals surface area contributed by atoms with E-state index < -0.39 is 11.9 Å². The smallest absolute Gasteiger partial charge is 0.335 e. The minimum absolute atomic E-state index is 0. The first-order valence-electron chi connectivity index (χ1n) is 5.71. The maximum atomic E-state index is 10.9. The lowest BCUT2D eigenvalue weighted by Gasteiger charge is -2.04. The average Bonchev–Trinajstić information content (AvgIpc) is 2.39. The fourth-order valence-corrected chi connectivity index (χ4v) is 1.82. The van der Waals surface area contributed by atoms with Gasteiger partial charge < -0.3 is 10.2 Å². The zero-order valence-corrected chi connectivity index (χ0v) is 11.3. The third kappa shape index (κ3) is 3.83. The Morgan fingerprint density at radius 2 is 1.40 bits per heavy atom. The minimum atomic E-state index is -0.959. The van der Waals surface area contributed by atoms with Crippen LogP contribution in [0.3, 0.4) is 0 Å². The summed E-state index contributed by atoms with van der Waals surface area (Å²) >= 11 is 0. The molecule has 0 aromatic heterocycles. The highest BCUT2D eigenvalue weighted by Gasteiger charge is 2.05. The Labute approximate surface area is 122 Å². The van der Waals surface area contributed by atoms with Crippen LogP contribution in [0, 0.1) is 0 Å². The first-order chi connectivity index (χ1) is 9.06. The van der Waals surface area contributed by atoms with Gasteiger partial charge in [0.15, 0.2) is 0 Å². The van der Waals surface area contributed by atoms with Crippen LogP contribution < -0.4 is 0 Å². The normalized spacial score (nSPS) is 9.60. The Balaban J connectivity index is 0.00000200. The van der Waals surface area contributed by atoms with Crippen LogP contribution in [0.15, 0.2) is 48.5 Å². The van der Waals surface area contributed by atoms with Crippen molar-refractivity contribution in [1.29, 1.82) is 0 Å². The molecule has 0 unspecified atom stereocenters. The van der Waals surface area contributed by atoms with Crippen LogP contribution in [-0.4, -0.2) is 22.2 Å². The van der Waals surface area contributed by atoms with Gasteiger partial charge in [-0.25, -0.2) is 9.59 Å². The van der Waals surface area contributed by atoms with Crippen molar-refractivity contribution >= 4 is 24.3 Å². The van der Waals surface area contributed by atoms with Gasteiger partial charge in [0.1, 0.15) is 0 Å². The van der Waals surface area contributed by atoms with E-state index >= 15 is 0 Å². The molecule has 0 bridgehead atoms. The van der Waals surface area contributed by atoms with Gasteiger partial charge in [0.05, 0.1) is 11.1 Å². The molecule has 0 amide bonds. The van der Waals surface area contributed by atoms with Gasteiger partial charge in [-0.1, -0.05) is 24.3 Å². The maximum absolute atomic E-state index is 10.9. The molecule has 0 spiro atoms. The van der Waals surface area contributed by atoms with Gasteiger partial charge in [-0.2, -0.15) is 0 Å². The molecule has 0 saturated carbocycles. The summed E-state index contributed by atoms with van der Waals surface area (Å²) in [5.74, 6) is -1.91. The molecule has 2 rings (SSSR count). The molecule has 0 saturated heterocycles. The van der Waals surface area contributed by atoms with Gasteiger partial charge in [0.2, 0.25) is 0 Å². The summed E-state index contributed by atoms with van der Waals surface area (Å²) in [6, 6.07) is 13.2. The van der Waals surface area contributed by atoms with Crippen molar-refractivity contribution in [3.05, 3.63) is 70.8 Å². The molecule has 2 N–H and O–H groups in total. The highest BCUT2D eigenvalue weighted by Crippen LogP contribution is 2.13. The first-order valence-corrected chi connectivity index (χ1v) is 5.71.